The van der Waals surface area contributed by atoms with E-state index < -0.39 is 23.3 Å². The van der Waals surface area contributed by atoms with Crippen molar-refractivity contribution in [2.75, 3.05) is 6.61 Å². The standard InChI is InChI=1S/C24H26F4O/c1-3-16-11-12-18(22(26)21(16)25)10-7-15-5-8-17(9-6-15)19-13-14-20(29-4-2)24(28)23(19)27/h7,10-15,17H,3-6,8-9H2,1-2H3. The van der Waals surface area contributed by atoms with E-state index in [-0.39, 0.29) is 29.8 Å². The molecule has 1 nitrogen and oxygen atoms in total. The van der Waals surface area contributed by atoms with Gasteiger partial charge >= 0.3 is 0 Å². The molecule has 0 aliphatic heterocycles. The molecule has 156 valence electrons. The number of halogens is 4. The molecule has 1 aliphatic carbocycles. The summed E-state index contributed by atoms with van der Waals surface area (Å²) < 4.78 is 61.7. The highest BCUT2D eigenvalue weighted by Gasteiger charge is 2.26. The minimum Gasteiger partial charge on any atom is -0.491 e. The number of hydrogen-bond donors (Lipinski definition) is 0. The molecule has 0 saturated heterocycles. The third kappa shape index (κ3) is 4.65. The summed E-state index contributed by atoms with van der Waals surface area (Å²) in [5.74, 6) is -3.28. The predicted octanol–water partition coefficient (Wildman–Crippen LogP) is 7.19. The van der Waals surface area contributed by atoms with Gasteiger partial charge in [0.15, 0.2) is 23.2 Å². The molecule has 0 N–H and O–H groups in total. The molecular formula is C24H26F4O. The Labute approximate surface area is 169 Å². The van der Waals surface area contributed by atoms with Gasteiger partial charge in [-0.2, -0.15) is 4.39 Å². The van der Waals surface area contributed by atoms with Crippen LogP contribution in [0.2, 0.25) is 0 Å². The van der Waals surface area contributed by atoms with Gasteiger partial charge < -0.3 is 4.74 Å². The highest BCUT2D eigenvalue weighted by atomic mass is 19.2. The molecule has 2 aromatic carbocycles. The molecule has 1 aliphatic rings. The first-order valence-electron chi connectivity index (χ1n) is 10.2. The Morgan fingerprint density at radius 3 is 2.24 bits per heavy atom. The molecule has 3 rings (SSSR count). The van der Waals surface area contributed by atoms with Crippen LogP contribution in [0.15, 0.2) is 30.3 Å². The zero-order valence-electron chi connectivity index (χ0n) is 16.8. The molecule has 0 bridgehead atoms. The second kappa shape index (κ2) is 9.47. The van der Waals surface area contributed by atoms with E-state index in [4.69, 9.17) is 4.74 Å². The average Bonchev–Trinajstić information content (AvgIpc) is 2.73. The van der Waals surface area contributed by atoms with Crippen molar-refractivity contribution < 1.29 is 22.3 Å². The van der Waals surface area contributed by atoms with Gasteiger partial charge in [0.2, 0.25) is 5.82 Å². The summed E-state index contributed by atoms with van der Waals surface area (Å²) in [5, 5.41) is 0. The van der Waals surface area contributed by atoms with E-state index in [1.54, 1.807) is 38.1 Å². The van der Waals surface area contributed by atoms with E-state index in [1.807, 2.05) is 6.08 Å². The molecule has 0 unspecified atom stereocenters. The second-order valence-electron chi connectivity index (χ2n) is 7.48. The Hall–Kier alpha value is -2.30. The van der Waals surface area contributed by atoms with Crippen LogP contribution >= 0.6 is 0 Å². The van der Waals surface area contributed by atoms with Crippen molar-refractivity contribution in [2.45, 2.75) is 51.9 Å². The zero-order chi connectivity index (χ0) is 21.0. The lowest BCUT2D eigenvalue weighted by Crippen LogP contribution is -2.14. The highest BCUT2D eigenvalue weighted by Crippen LogP contribution is 2.39. The maximum Gasteiger partial charge on any atom is 0.200 e. The fraction of sp³-hybridized carbons (Fsp3) is 0.417. The molecule has 0 heterocycles. The van der Waals surface area contributed by atoms with Crippen molar-refractivity contribution in [3.05, 3.63) is 70.3 Å². The zero-order valence-corrected chi connectivity index (χ0v) is 16.8. The summed E-state index contributed by atoms with van der Waals surface area (Å²) in [6, 6.07) is 6.30. The van der Waals surface area contributed by atoms with E-state index in [0.717, 1.165) is 12.8 Å². The Bertz CT molecular complexity index is 883. The molecule has 2 aromatic rings. The van der Waals surface area contributed by atoms with Gasteiger partial charge in [0.1, 0.15) is 0 Å². The van der Waals surface area contributed by atoms with Gasteiger partial charge in [-0.1, -0.05) is 37.3 Å². The van der Waals surface area contributed by atoms with Crippen molar-refractivity contribution in [1.82, 2.24) is 0 Å². The van der Waals surface area contributed by atoms with Crippen LogP contribution in [0.4, 0.5) is 17.6 Å². The Morgan fingerprint density at radius 1 is 0.862 bits per heavy atom. The quantitative estimate of drug-likeness (QED) is 0.461. The van der Waals surface area contributed by atoms with Gasteiger partial charge in [-0.25, -0.2) is 13.2 Å². The number of aryl methyl sites for hydroxylation is 1. The normalized spacial score (nSPS) is 19.7. The third-order valence-electron chi connectivity index (χ3n) is 5.71. The van der Waals surface area contributed by atoms with Crippen LogP contribution in [0, 0.1) is 29.2 Å². The molecule has 29 heavy (non-hydrogen) atoms. The summed E-state index contributed by atoms with van der Waals surface area (Å²) in [6.45, 7) is 3.78. The lowest BCUT2D eigenvalue weighted by Gasteiger charge is -2.27. The van der Waals surface area contributed by atoms with Gasteiger partial charge in [-0.15, -0.1) is 0 Å². The summed E-state index contributed by atoms with van der Waals surface area (Å²) in [6.07, 6.45) is 6.96. The highest BCUT2D eigenvalue weighted by molar-refractivity contribution is 5.51. The summed E-state index contributed by atoms with van der Waals surface area (Å²) in [7, 11) is 0. The maximum absolute atomic E-state index is 14.4. The Kier molecular flexibility index (Phi) is 6.99. The number of benzene rings is 2. The van der Waals surface area contributed by atoms with E-state index in [9.17, 15) is 17.6 Å². The topological polar surface area (TPSA) is 9.23 Å². The van der Waals surface area contributed by atoms with Crippen LogP contribution in [0.5, 0.6) is 5.75 Å². The van der Waals surface area contributed by atoms with E-state index in [0.29, 0.717) is 30.4 Å². The fourth-order valence-electron chi connectivity index (χ4n) is 4.00. The SMILES string of the molecule is CCOc1ccc(C2CCC(C=Cc3ccc(CC)c(F)c3F)CC2)c(F)c1F. The molecule has 0 atom stereocenters. The van der Waals surface area contributed by atoms with Crippen molar-refractivity contribution in [2.24, 2.45) is 5.92 Å². The van der Waals surface area contributed by atoms with E-state index in [1.165, 1.54) is 6.07 Å². The summed E-state index contributed by atoms with van der Waals surface area (Å²) >= 11 is 0. The first-order valence-corrected chi connectivity index (χ1v) is 10.2. The van der Waals surface area contributed by atoms with Crippen LogP contribution in [-0.2, 0) is 6.42 Å². The Balaban J connectivity index is 1.65. The number of hydrogen-bond acceptors (Lipinski definition) is 1. The maximum atomic E-state index is 14.4. The molecule has 0 amide bonds. The van der Waals surface area contributed by atoms with Crippen LogP contribution in [-0.4, -0.2) is 6.61 Å². The first kappa shape index (κ1) is 21.4. The van der Waals surface area contributed by atoms with Crippen molar-refractivity contribution >= 4 is 6.08 Å². The van der Waals surface area contributed by atoms with Gasteiger partial charge in [-0.05, 0) is 68.1 Å². The van der Waals surface area contributed by atoms with Gasteiger partial charge in [-0.3, -0.25) is 0 Å². The first-order chi connectivity index (χ1) is 14.0. The fourth-order valence-corrected chi connectivity index (χ4v) is 4.00. The van der Waals surface area contributed by atoms with E-state index in [2.05, 4.69) is 0 Å². The number of allylic oxidation sites excluding steroid dienone is 1. The van der Waals surface area contributed by atoms with Crippen molar-refractivity contribution in [3.8, 4) is 5.75 Å². The molecular weight excluding hydrogens is 380 g/mol. The van der Waals surface area contributed by atoms with E-state index >= 15 is 0 Å². The number of ether oxygens (including phenoxy) is 1. The van der Waals surface area contributed by atoms with Crippen LogP contribution in [0.1, 0.15) is 62.1 Å². The second-order valence-corrected chi connectivity index (χ2v) is 7.48. The number of rotatable bonds is 6. The molecule has 1 fully saturated rings. The predicted molar refractivity (Wildman–Crippen MR) is 107 cm³/mol. The molecule has 0 aromatic heterocycles. The van der Waals surface area contributed by atoms with Crippen LogP contribution in [0.3, 0.4) is 0 Å². The third-order valence-corrected chi connectivity index (χ3v) is 5.71. The lowest BCUT2D eigenvalue weighted by atomic mass is 9.78. The largest absolute Gasteiger partial charge is 0.491 e. The van der Waals surface area contributed by atoms with Gasteiger partial charge in [0, 0.05) is 5.56 Å². The summed E-state index contributed by atoms with van der Waals surface area (Å²) in [5.41, 5.74) is 0.989. The van der Waals surface area contributed by atoms with Gasteiger partial charge in [0.05, 0.1) is 6.61 Å². The van der Waals surface area contributed by atoms with Crippen molar-refractivity contribution in [1.29, 1.82) is 0 Å². The van der Waals surface area contributed by atoms with Gasteiger partial charge in [0.25, 0.3) is 0 Å². The molecule has 1 saturated carbocycles. The minimum absolute atomic E-state index is 0.0529. The lowest BCUT2D eigenvalue weighted by molar-refractivity contribution is 0.310. The summed E-state index contributed by atoms with van der Waals surface area (Å²) in [4.78, 5) is 0. The van der Waals surface area contributed by atoms with Crippen LogP contribution < -0.4 is 4.74 Å². The smallest absolute Gasteiger partial charge is 0.200 e. The van der Waals surface area contributed by atoms with Crippen molar-refractivity contribution in [3.63, 3.8) is 0 Å². The Morgan fingerprint density at radius 2 is 1.59 bits per heavy atom. The minimum atomic E-state index is -0.931. The van der Waals surface area contributed by atoms with Crippen LogP contribution in [0.25, 0.3) is 6.08 Å². The molecule has 5 heteroatoms. The molecule has 0 spiro atoms. The average molecular weight is 406 g/mol. The monoisotopic (exact) mass is 406 g/mol. The molecule has 0 radical (unpaired) electrons.